The minimum atomic E-state index is -0.597. The quantitative estimate of drug-likeness (QED) is 0.569. The Morgan fingerprint density at radius 2 is 1.67 bits per heavy atom. The van der Waals surface area contributed by atoms with Crippen LogP contribution in [0, 0.1) is 0 Å². The SMILES string of the molecule is CC(C)OC(=O)CN1C(=O)S/C(=C\c2ccc(-c3ccccc3)cc2)C1=O. The van der Waals surface area contributed by atoms with Gasteiger partial charge in [0.1, 0.15) is 6.54 Å². The Kier molecular flexibility index (Phi) is 5.76. The van der Waals surface area contributed by atoms with Gasteiger partial charge in [-0.05, 0) is 48.4 Å². The van der Waals surface area contributed by atoms with Crippen LogP contribution in [0.1, 0.15) is 19.4 Å². The molecule has 2 amide bonds. The third kappa shape index (κ3) is 4.65. The van der Waals surface area contributed by atoms with Crippen LogP contribution in [0.15, 0.2) is 59.5 Å². The third-order valence-corrected chi connectivity index (χ3v) is 4.75. The number of hydrogen-bond donors (Lipinski definition) is 0. The molecule has 0 spiro atoms. The van der Waals surface area contributed by atoms with Gasteiger partial charge >= 0.3 is 5.97 Å². The van der Waals surface area contributed by atoms with Gasteiger partial charge in [0.2, 0.25) is 0 Å². The Labute approximate surface area is 162 Å². The number of nitrogens with zero attached hydrogens (tertiary/aromatic N) is 1. The van der Waals surface area contributed by atoms with Crippen molar-refractivity contribution in [3.05, 3.63) is 65.1 Å². The summed E-state index contributed by atoms with van der Waals surface area (Å²) < 4.78 is 5.00. The second-order valence-corrected chi connectivity index (χ2v) is 7.29. The molecule has 1 aliphatic heterocycles. The van der Waals surface area contributed by atoms with Gasteiger partial charge in [0.25, 0.3) is 11.1 Å². The molecule has 0 bridgehead atoms. The van der Waals surface area contributed by atoms with Gasteiger partial charge in [-0.15, -0.1) is 0 Å². The largest absolute Gasteiger partial charge is 0.462 e. The maximum atomic E-state index is 12.4. The number of carbonyl (C=O) groups excluding carboxylic acids is 3. The van der Waals surface area contributed by atoms with E-state index in [4.69, 9.17) is 4.74 Å². The van der Waals surface area contributed by atoms with E-state index in [1.807, 2.05) is 54.6 Å². The number of carbonyl (C=O) groups is 3. The van der Waals surface area contributed by atoms with Crippen molar-refractivity contribution in [2.75, 3.05) is 6.54 Å². The van der Waals surface area contributed by atoms with E-state index in [9.17, 15) is 14.4 Å². The highest BCUT2D eigenvalue weighted by atomic mass is 32.2. The highest BCUT2D eigenvalue weighted by Gasteiger charge is 2.36. The van der Waals surface area contributed by atoms with E-state index in [0.717, 1.165) is 33.4 Å². The summed E-state index contributed by atoms with van der Waals surface area (Å²) in [6, 6.07) is 17.7. The lowest BCUT2D eigenvalue weighted by atomic mass is 10.0. The van der Waals surface area contributed by atoms with E-state index in [-0.39, 0.29) is 12.6 Å². The van der Waals surface area contributed by atoms with Gasteiger partial charge in [-0.1, -0.05) is 54.6 Å². The predicted molar refractivity (Wildman–Crippen MR) is 106 cm³/mol. The Morgan fingerprint density at radius 3 is 2.30 bits per heavy atom. The fourth-order valence-corrected chi connectivity index (χ4v) is 3.46. The molecule has 27 heavy (non-hydrogen) atoms. The summed E-state index contributed by atoms with van der Waals surface area (Å²) in [6.45, 7) is 3.06. The van der Waals surface area contributed by atoms with Gasteiger partial charge in [-0.3, -0.25) is 19.3 Å². The highest BCUT2D eigenvalue weighted by molar-refractivity contribution is 8.18. The van der Waals surface area contributed by atoms with E-state index < -0.39 is 17.1 Å². The lowest BCUT2D eigenvalue weighted by Crippen LogP contribution is -2.35. The Bertz CT molecular complexity index is 888. The molecule has 0 N–H and O–H groups in total. The topological polar surface area (TPSA) is 63.7 Å². The first-order valence-corrected chi connectivity index (χ1v) is 9.36. The van der Waals surface area contributed by atoms with Crippen molar-refractivity contribution in [1.29, 1.82) is 0 Å². The standard InChI is InChI=1S/C21H19NO4S/c1-14(2)26-19(23)13-22-20(24)18(27-21(22)25)12-15-8-10-17(11-9-15)16-6-4-3-5-7-16/h3-12,14H,13H2,1-2H3/b18-12-. The van der Waals surface area contributed by atoms with Crippen LogP contribution in [-0.2, 0) is 14.3 Å². The van der Waals surface area contributed by atoms with Gasteiger partial charge in [0, 0.05) is 0 Å². The molecule has 0 saturated carbocycles. The van der Waals surface area contributed by atoms with E-state index >= 15 is 0 Å². The minimum absolute atomic E-state index is 0.295. The van der Waals surface area contributed by atoms with Gasteiger partial charge in [-0.2, -0.15) is 0 Å². The van der Waals surface area contributed by atoms with Crippen LogP contribution in [0.5, 0.6) is 0 Å². The number of amides is 2. The summed E-state index contributed by atoms with van der Waals surface area (Å²) in [5.74, 6) is -1.07. The predicted octanol–water partition coefficient (Wildman–Crippen LogP) is 4.34. The molecule has 2 aromatic carbocycles. The number of benzene rings is 2. The first-order chi connectivity index (χ1) is 12.9. The normalized spacial score (nSPS) is 15.7. The molecular weight excluding hydrogens is 362 g/mol. The Hall–Kier alpha value is -2.86. The zero-order valence-corrected chi connectivity index (χ0v) is 15.9. The number of imide groups is 1. The second-order valence-electron chi connectivity index (χ2n) is 6.29. The van der Waals surface area contributed by atoms with E-state index in [0.29, 0.717) is 4.91 Å². The summed E-state index contributed by atoms with van der Waals surface area (Å²) in [7, 11) is 0. The van der Waals surface area contributed by atoms with Gasteiger partial charge in [0.05, 0.1) is 11.0 Å². The lowest BCUT2D eigenvalue weighted by Gasteiger charge is -2.13. The monoisotopic (exact) mass is 381 g/mol. The fraction of sp³-hybridized carbons (Fsp3) is 0.190. The van der Waals surface area contributed by atoms with Crippen LogP contribution < -0.4 is 0 Å². The second kappa shape index (κ2) is 8.22. The van der Waals surface area contributed by atoms with Crippen LogP contribution in [0.25, 0.3) is 17.2 Å². The van der Waals surface area contributed by atoms with Crippen molar-refractivity contribution in [3.63, 3.8) is 0 Å². The molecule has 1 heterocycles. The average Bonchev–Trinajstić information content (AvgIpc) is 2.90. The fourth-order valence-electron chi connectivity index (χ4n) is 2.62. The van der Waals surface area contributed by atoms with Crippen molar-refractivity contribution >= 4 is 35.0 Å². The van der Waals surface area contributed by atoms with Gasteiger partial charge in [0.15, 0.2) is 0 Å². The molecule has 1 fully saturated rings. The van der Waals surface area contributed by atoms with E-state index in [1.165, 1.54) is 0 Å². The van der Waals surface area contributed by atoms with Crippen LogP contribution in [-0.4, -0.2) is 34.7 Å². The molecular formula is C21H19NO4S. The number of esters is 1. The van der Waals surface area contributed by atoms with Crippen molar-refractivity contribution in [1.82, 2.24) is 4.90 Å². The van der Waals surface area contributed by atoms with Crippen molar-refractivity contribution in [3.8, 4) is 11.1 Å². The lowest BCUT2D eigenvalue weighted by molar-refractivity contribution is -0.149. The number of ether oxygens (including phenoxy) is 1. The zero-order valence-electron chi connectivity index (χ0n) is 15.0. The number of thioether (sulfide) groups is 1. The Balaban J connectivity index is 1.73. The highest BCUT2D eigenvalue weighted by Crippen LogP contribution is 2.32. The van der Waals surface area contributed by atoms with E-state index in [1.54, 1.807) is 19.9 Å². The third-order valence-electron chi connectivity index (χ3n) is 3.84. The zero-order chi connectivity index (χ0) is 19.4. The summed E-state index contributed by atoms with van der Waals surface area (Å²) in [6.07, 6.45) is 1.36. The average molecular weight is 381 g/mol. The molecule has 3 rings (SSSR count). The van der Waals surface area contributed by atoms with Gasteiger partial charge in [-0.25, -0.2) is 0 Å². The van der Waals surface area contributed by atoms with Crippen LogP contribution >= 0.6 is 11.8 Å². The molecule has 138 valence electrons. The van der Waals surface area contributed by atoms with Crippen LogP contribution in [0.3, 0.4) is 0 Å². The van der Waals surface area contributed by atoms with Gasteiger partial charge < -0.3 is 4.74 Å². The first kappa shape index (κ1) is 18.9. The summed E-state index contributed by atoms with van der Waals surface area (Å²) in [5.41, 5.74) is 2.98. The molecule has 2 aromatic rings. The first-order valence-electron chi connectivity index (χ1n) is 8.54. The molecule has 1 aliphatic rings. The molecule has 0 atom stereocenters. The molecule has 0 radical (unpaired) electrons. The summed E-state index contributed by atoms with van der Waals surface area (Å²) in [5, 5.41) is -0.465. The molecule has 0 aliphatic carbocycles. The smallest absolute Gasteiger partial charge is 0.326 e. The molecule has 0 unspecified atom stereocenters. The number of hydrogen-bond acceptors (Lipinski definition) is 5. The molecule has 1 saturated heterocycles. The van der Waals surface area contributed by atoms with Crippen LogP contribution in [0.2, 0.25) is 0 Å². The molecule has 0 aromatic heterocycles. The van der Waals surface area contributed by atoms with E-state index in [2.05, 4.69) is 0 Å². The molecule has 5 nitrogen and oxygen atoms in total. The van der Waals surface area contributed by atoms with Crippen LogP contribution in [0.4, 0.5) is 4.79 Å². The van der Waals surface area contributed by atoms with Crippen molar-refractivity contribution in [2.45, 2.75) is 20.0 Å². The summed E-state index contributed by atoms with van der Waals surface area (Å²) in [4.78, 5) is 37.5. The molecule has 6 heteroatoms. The van der Waals surface area contributed by atoms with Crippen molar-refractivity contribution < 1.29 is 19.1 Å². The maximum Gasteiger partial charge on any atom is 0.326 e. The maximum absolute atomic E-state index is 12.4. The number of rotatable bonds is 5. The van der Waals surface area contributed by atoms with Crippen molar-refractivity contribution in [2.24, 2.45) is 0 Å². The summed E-state index contributed by atoms with van der Waals surface area (Å²) >= 11 is 0.829. The Morgan fingerprint density at radius 1 is 1.04 bits per heavy atom. The minimum Gasteiger partial charge on any atom is -0.462 e.